The lowest BCUT2D eigenvalue weighted by Crippen LogP contribution is -2.38. The molecule has 17 heavy (non-hydrogen) atoms. The minimum absolute atomic E-state index is 0.331. The molecule has 2 heterocycles. The highest BCUT2D eigenvalue weighted by Crippen LogP contribution is 2.15. The lowest BCUT2D eigenvalue weighted by molar-refractivity contribution is -0.127. The van der Waals surface area contributed by atoms with Crippen molar-refractivity contribution >= 4 is 5.91 Å². The van der Waals surface area contributed by atoms with Gasteiger partial charge in [-0.3, -0.25) is 4.79 Å². The minimum Gasteiger partial charge on any atom is -0.377 e. The second-order valence-electron chi connectivity index (χ2n) is 5.13. The number of rotatable bonds is 6. The number of hydrogen-bond acceptors (Lipinski definition) is 3. The van der Waals surface area contributed by atoms with Crippen molar-refractivity contribution in [1.29, 1.82) is 0 Å². The van der Waals surface area contributed by atoms with Crippen molar-refractivity contribution in [2.24, 2.45) is 0 Å². The Bertz CT molecular complexity index is 252. The monoisotopic (exact) mass is 240 g/mol. The molecule has 2 fully saturated rings. The van der Waals surface area contributed by atoms with Crippen LogP contribution in [0.25, 0.3) is 0 Å². The van der Waals surface area contributed by atoms with Gasteiger partial charge in [-0.25, -0.2) is 0 Å². The number of carbonyl (C=O) groups is 1. The molecule has 0 bridgehead atoms. The molecule has 2 aliphatic heterocycles. The Kier molecular flexibility index (Phi) is 4.80. The van der Waals surface area contributed by atoms with Crippen molar-refractivity contribution in [3.8, 4) is 0 Å². The van der Waals surface area contributed by atoms with E-state index in [-0.39, 0.29) is 0 Å². The van der Waals surface area contributed by atoms with Crippen molar-refractivity contribution in [3.63, 3.8) is 0 Å². The maximum absolute atomic E-state index is 11.4. The predicted octanol–water partition coefficient (Wildman–Crippen LogP) is 1.16. The summed E-state index contributed by atoms with van der Waals surface area (Å²) in [4.78, 5) is 13.4. The Morgan fingerprint density at radius 2 is 2.41 bits per heavy atom. The molecule has 2 rings (SSSR count). The first-order valence-corrected chi connectivity index (χ1v) is 6.90. The predicted molar refractivity (Wildman–Crippen MR) is 66.9 cm³/mol. The van der Waals surface area contributed by atoms with E-state index in [0.717, 1.165) is 45.5 Å². The quantitative estimate of drug-likeness (QED) is 0.708. The fourth-order valence-electron chi connectivity index (χ4n) is 2.67. The van der Waals surface area contributed by atoms with Crippen LogP contribution in [0.15, 0.2) is 0 Å². The second kappa shape index (κ2) is 6.36. The zero-order valence-corrected chi connectivity index (χ0v) is 10.8. The molecule has 2 aliphatic rings. The molecule has 1 amide bonds. The molecule has 2 saturated heterocycles. The Balaban J connectivity index is 1.54. The fourth-order valence-corrected chi connectivity index (χ4v) is 2.67. The summed E-state index contributed by atoms with van der Waals surface area (Å²) in [5.74, 6) is 0.331. The normalized spacial score (nSPS) is 26.8. The molecule has 0 spiro atoms. The van der Waals surface area contributed by atoms with Gasteiger partial charge in [0.1, 0.15) is 0 Å². The van der Waals surface area contributed by atoms with E-state index in [1.165, 1.54) is 12.8 Å². The lowest BCUT2D eigenvalue weighted by atomic mass is 10.1. The van der Waals surface area contributed by atoms with E-state index in [2.05, 4.69) is 12.2 Å². The average molecular weight is 240 g/mol. The first-order valence-electron chi connectivity index (χ1n) is 6.90. The van der Waals surface area contributed by atoms with E-state index >= 15 is 0 Å². The highest BCUT2D eigenvalue weighted by molar-refractivity contribution is 5.77. The van der Waals surface area contributed by atoms with Gasteiger partial charge in [0, 0.05) is 32.2 Å². The van der Waals surface area contributed by atoms with Gasteiger partial charge in [-0.1, -0.05) is 0 Å². The third-order valence-electron chi connectivity index (χ3n) is 3.77. The third-order valence-corrected chi connectivity index (χ3v) is 3.77. The Morgan fingerprint density at radius 3 is 3.06 bits per heavy atom. The van der Waals surface area contributed by atoms with Gasteiger partial charge in [0.2, 0.25) is 5.91 Å². The molecular weight excluding hydrogens is 216 g/mol. The van der Waals surface area contributed by atoms with Crippen LogP contribution in [0.2, 0.25) is 0 Å². The summed E-state index contributed by atoms with van der Waals surface area (Å²) in [5.41, 5.74) is 0. The van der Waals surface area contributed by atoms with Crippen LogP contribution >= 0.6 is 0 Å². The molecule has 1 N–H and O–H groups in total. The van der Waals surface area contributed by atoms with Crippen LogP contribution < -0.4 is 5.32 Å². The molecule has 0 aromatic heterocycles. The summed E-state index contributed by atoms with van der Waals surface area (Å²) in [7, 11) is 0. The SMILES string of the molecule is C[C@@H](NCCCN1CCCC1=O)[C@@H]1CCCO1. The van der Waals surface area contributed by atoms with Crippen LogP contribution in [0.3, 0.4) is 0 Å². The van der Waals surface area contributed by atoms with E-state index in [9.17, 15) is 4.79 Å². The Hall–Kier alpha value is -0.610. The smallest absolute Gasteiger partial charge is 0.222 e. The largest absolute Gasteiger partial charge is 0.377 e. The number of carbonyl (C=O) groups excluding carboxylic acids is 1. The summed E-state index contributed by atoms with van der Waals surface area (Å²) in [6.45, 7) is 5.95. The summed E-state index contributed by atoms with van der Waals surface area (Å²) in [6.07, 6.45) is 5.60. The van der Waals surface area contributed by atoms with E-state index in [4.69, 9.17) is 4.74 Å². The maximum Gasteiger partial charge on any atom is 0.222 e. The van der Waals surface area contributed by atoms with Crippen molar-refractivity contribution in [2.75, 3.05) is 26.2 Å². The third kappa shape index (κ3) is 3.68. The molecule has 0 unspecified atom stereocenters. The molecule has 0 aromatic rings. The van der Waals surface area contributed by atoms with Gasteiger partial charge >= 0.3 is 0 Å². The zero-order chi connectivity index (χ0) is 12.1. The fraction of sp³-hybridized carbons (Fsp3) is 0.923. The number of amides is 1. The van der Waals surface area contributed by atoms with Gasteiger partial charge in [0.15, 0.2) is 0 Å². The average Bonchev–Trinajstić information content (AvgIpc) is 2.96. The molecular formula is C13H24N2O2. The van der Waals surface area contributed by atoms with Crippen molar-refractivity contribution in [1.82, 2.24) is 10.2 Å². The second-order valence-corrected chi connectivity index (χ2v) is 5.13. The van der Waals surface area contributed by atoms with Gasteiger partial charge in [0.05, 0.1) is 6.10 Å². The van der Waals surface area contributed by atoms with E-state index in [1.54, 1.807) is 0 Å². The standard InChI is InChI=1S/C13H24N2O2/c1-11(12-5-3-10-17-12)14-7-4-9-15-8-2-6-13(15)16/h11-12,14H,2-10H2,1H3/t11-,12+/m1/s1. The Labute approximate surface area is 104 Å². The summed E-state index contributed by atoms with van der Waals surface area (Å²) >= 11 is 0. The van der Waals surface area contributed by atoms with Crippen LogP contribution in [0.5, 0.6) is 0 Å². The van der Waals surface area contributed by atoms with Gasteiger partial charge in [-0.05, 0) is 39.2 Å². The first-order chi connectivity index (χ1) is 8.27. The van der Waals surface area contributed by atoms with E-state index in [1.807, 2.05) is 4.90 Å². The number of nitrogens with one attached hydrogen (secondary N) is 1. The minimum atomic E-state index is 0.331. The molecule has 98 valence electrons. The maximum atomic E-state index is 11.4. The van der Waals surface area contributed by atoms with Gasteiger partial charge in [-0.2, -0.15) is 0 Å². The molecule has 0 aliphatic carbocycles. The number of nitrogens with zero attached hydrogens (tertiary/aromatic N) is 1. The summed E-state index contributed by atoms with van der Waals surface area (Å²) in [6, 6.07) is 0.437. The summed E-state index contributed by atoms with van der Waals surface area (Å²) < 4.78 is 5.64. The van der Waals surface area contributed by atoms with E-state index in [0.29, 0.717) is 18.1 Å². The number of ether oxygens (including phenoxy) is 1. The number of likely N-dealkylation sites (tertiary alicyclic amines) is 1. The van der Waals surface area contributed by atoms with Gasteiger partial charge in [0.25, 0.3) is 0 Å². The molecule has 4 heteroatoms. The zero-order valence-electron chi connectivity index (χ0n) is 10.8. The van der Waals surface area contributed by atoms with Crippen LogP contribution in [0.4, 0.5) is 0 Å². The van der Waals surface area contributed by atoms with Gasteiger partial charge in [-0.15, -0.1) is 0 Å². The van der Waals surface area contributed by atoms with Crippen molar-refractivity contribution in [2.45, 2.75) is 51.2 Å². The highest BCUT2D eigenvalue weighted by Gasteiger charge is 2.22. The molecule has 2 atom stereocenters. The Morgan fingerprint density at radius 1 is 1.53 bits per heavy atom. The van der Waals surface area contributed by atoms with Crippen LogP contribution in [0.1, 0.15) is 39.0 Å². The number of hydrogen-bond donors (Lipinski definition) is 1. The summed E-state index contributed by atoms with van der Waals surface area (Å²) in [5, 5.41) is 3.50. The van der Waals surface area contributed by atoms with Crippen molar-refractivity contribution < 1.29 is 9.53 Å². The van der Waals surface area contributed by atoms with Gasteiger partial charge < -0.3 is 15.0 Å². The molecule has 0 radical (unpaired) electrons. The highest BCUT2D eigenvalue weighted by atomic mass is 16.5. The lowest BCUT2D eigenvalue weighted by Gasteiger charge is -2.21. The van der Waals surface area contributed by atoms with Crippen molar-refractivity contribution in [3.05, 3.63) is 0 Å². The van der Waals surface area contributed by atoms with Crippen LogP contribution in [-0.4, -0.2) is 49.2 Å². The molecule has 4 nitrogen and oxygen atoms in total. The van der Waals surface area contributed by atoms with Crippen LogP contribution in [-0.2, 0) is 9.53 Å². The van der Waals surface area contributed by atoms with Crippen LogP contribution in [0, 0.1) is 0 Å². The molecule has 0 saturated carbocycles. The topological polar surface area (TPSA) is 41.6 Å². The molecule has 0 aromatic carbocycles. The first kappa shape index (κ1) is 12.8. The van der Waals surface area contributed by atoms with E-state index < -0.39 is 0 Å².